The Morgan fingerprint density at radius 3 is 2.45 bits per heavy atom. The largest absolute Gasteiger partial charge is 0.506 e. The van der Waals surface area contributed by atoms with E-state index >= 15 is 0 Å². The minimum atomic E-state index is -4.75. The first-order chi connectivity index (χ1) is 14.8. The van der Waals surface area contributed by atoms with Crippen molar-refractivity contribution in [3.05, 3.63) is 70.3 Å². The summed E-state index contributed by atoms with van der Waals surface area (Å²) in [5.74, 6) is -0.296. The van der Waals surface area contributed by atoms with Gasteiger partial charge < -0.3 is 9.52 Å². The van der Waals surface area contributed by atoms with Crippen molar-refractivity contribution in [3.8, 4) is 28.3 Å². The van der Waals surface area contributed by atoms with Crippen LogP contribution in [0.1, 0.15) is 11.4 Å². The number of aromatic nitrogens is 4. The minimum Gasteiger partial charge on any atom is -0.506 e. The molecule has 0 atom stereocenters. The van der Waals surface area contributed by atoms with E-state index in [1.165, 1.54) is 25.1 Å². The molecule has 3 aromatic heterocycles. The summed E-state index contributed by atoms with van der Waals surface area (Å²) >= 11 is 0. The van der Waals surface area contributed by atoms with E-state index < -0.39 is 17.4 Å². The van der Waals surface area contributed by atoms with Gasteiger partial charge in [0.05, 0.1) is 11.3 Å². The standard InChI is InChI=1S/C21H13F3N4O3/c1-10-14(19-26-16-12(29)8-5-9-13(16)31-19)20(30)28-18(25-10)15(11-6-3-2-4-7-11)17(27-28)21(22,23)24/h2-9,27,29H,1H3. The number of alkyl halides is 3. The van der Waals surface area contributed by atoms with Crippen molar-refractivity contribution in [2.75, 3.05) is 0 Å². The number of benzene rings is 2. The van der Waals surface area contributed by atoms with Crippen LogP contribution in [0.5, 0.6) is 5.75 Å². The molecule has 5 rings (SSSR count). The highest BCUT2D eigenvalue weighted by Gasteiger charge is 2.38. The minimum absolute atomic E-state index is 0.109. The zero-order chi connectivity index (χ0) is 21.9. The second-order valence-electron chi connectivity index (χ2n) is 6.90. The molecule has 0 amide bonds. The molecule has 3 heterocycles. The molecule has 0 saturated carbocycles. The molecule has 0 fully saturated rings. The second-order valence-corrected chi connectivity index (χ2v) is 6.90. The molecule has 0 aliphatic rings. The van der Waals surface area contributed by atoms with Crippen molar-refractivity contribution in [1.29, 1.82) is 0 Å². The fourth-order valence-corrected chi connectivity index (χ4v) is 3.55. The summed E-state index contributed by atoms with van der Waals surface area (Å²) in [5, 5.41) is 12.1. The number of phenolic OH excluding ortho intramolecular Hbond substituents is 1. The number of nitrogens with zero attached hydrogens (tertiary/aromatic N) is 3. The lowest BCUT2D eigenvalue weighted by Gasteiger charge is -2.07. The third-order valence-electron chi connectivity index (χ3n) is 4.92. The third kappa shape index (κ3) is 2.87. The number of hydrogen-bond acceptors (Lipinski definition) is 5. The Morgan fingerprint density at radius 2 is 1.77 bits per heavy atom. The van der Waals surface area contributed by atoms with Crippen LogP contribution in [-0.4, -0.2) is 24.7 Å². The summed E-state index contributed by atoms with van der Waals surface area (Å²) in [6.45, 7) is 1.49. The number of fused-ring (bicyclic) bond motifs is 2. The predicted octanol–water partition coefficient (Wildman–Crippen LogP) is 4.53. The molecule has 156 valence electrons. The number of nitrogens with one attached hydrogen (secondary N) is 1. The van der Waals surface area contributed by atoms with Crippen molar-refractivity contribution >= 4 is 16.7 Å². The van der Waals surface area contributed by atoms with E-state index in [2.05, 4.69) is 15.1 Å². The lowest BCUT2D eigenvalue weighted by Crippen LogP contribution is -2.19. The summed E-state index contributed by atoms with van der Waals surface area (Å²) in [6, 6.07) is 12.4. The normalized spacial score (nSPS) is 12.1. The Labute approximate surface area is 171 Å². The van der Waals surface area contributed by atoms with E-state index in [0.29, 0.717) is 0 Å². The molecular formula is C21H13F3N4O3. The van der Waals surface area contributed by atoms with Gasteiger partial charge in [-0.05, 0) is 24.6 Å². The van der Waals surface area contributed by atoms with Gasteiger partial charge in [-0.25, -0.2) is 9.97 Å². The molecule has 5 aromatic rings. The molecule has 7 nitrogen and oxygen atoms in total. The maximum atomic E-state index is 13.8. The molecule has 0 bridgehead atoms. The fourth-order valence-electron chi connectivity index (χ4n) is 3.55. The Morgan fingerprint density at radius 1 is 1.03 bits per heavy atom. The average molecular weight is 426 g/mol. The molecule has 10 heteroatoms. The van der Waals surface area contributed by atoms with Gasteiger partial charge in [0, 0.05) is 0 Å². The van der Waals surface area contributed by atoms with Gasteiger partial charge in [-0.3, -0.25) is 9.89 Å². The molecule has 0 aliphatic carbocycles. The van der Waals surface area contributed by atoms with Crippen molar-refractivity contribution in [2.24, 2.45) is 0 Å². The summed E-state index contributed by atoms with van der Waals surface area (Å²) in [5.41, 5.74) is -1.63. The number of para-hydroxylation sites is 1. The van der Waals surface area contributed by atoms with Gasteiger partial charge in [0.2, 0.25) is 5.89 Å². The summed E-state index contributed by atoms with van der Waals surface area (Å²) in [7, 11) is 0. The van der Waals surface area contributed by atoms with E-state index in [1.807, 2.05) is 0 Å². The van der Waals surface area contributed by atoms with Crippen LogP contribution in [0.15, 0.2) is 57.7 Å². The Balaban J connectivity index is 1.84. The molecule has 0 unspecified atom stereocenters. The van der Waals surface area contributed by atoms with Crippen LogP contribution >= 0.6 is 0 Å². The van der Waals surface area contributed by atoms with Crippen LogP contribution in [0, 0.1) is 6.92 Å². The smallest absolute Gasteiger partial charge is 0.433 e. The lowest BCUT2D eigenvalue weighted by atomic mass is 10.1. The molecule has 31 heavy (non-hydrogen) atoms. The van der Waals surface area contributed by atoms with E-state index in [1.54, 1.807) is 30.3 Å². The zero-order valence-electron chi connectivity index (χ0n) is 15.9. The van der Waals surface area contributed by atoms with Gasteiger partial charge in [0.1, 0.15) is 17.0 Å². The van der Waals surface area contributed by atoms with Crippen LogP contribution in [0.25, 0.3) is 39.3 Å². The Bertz CT molecular complexity index is 1510. The molecule has 0 radical (unpaired) electrons. The van der Waals surface area contributed by atoms with E-state index in [9.17, 15) is 23.1 Å². The number of oxazole rings is 1. The number of aryl methyl sites for hydroxylation is 1. The van der Waals surface area contributed by atoms with Crippen LogP contribution in [0.4, 0.5) is 13.2 Å². The van der Waals surface area contributed by atoms with E-state index in [0.717, 1.165) is 4.52 Å². The van der Waals surface area contributed by atoms with Crippen LogP contribution in [0.3, 0.4) is 0 Å². The highest BCUT2D eigenvalue weighted by molar-refractivity contribution is 5.83. The van der Waals surface area contributed by atoms with Crippen LogP contribution in [0.2, 0.25) is 0 Å². The number of rotatable bonds is 2. The molecule has 0 aliphatic heterocycles. The number of H-pyrrole nitrogens is 1. The first kappa shape index (κ1) is 18.9. The van der Waals surface area contributed by atoms with E-state index in [4.69, 9.17) is 4.42 Å². The molecule has 0 spiro atoms. The number of hydrogen-bond donors (Lipinski definition) is 2. The average Bonchev–Trinajstić information content (AvgIpc) is 3.31. The van der Waals surface area contributed by atoms with Crippen LogP contribution < -0.4 is 5.56 Å². The first-order valence-corrected chi connectivity index (χ1v) is 9.12. The summed E-state index contributed by atoms with van der Waals surface area (Å²) in [6.07, 6.45) is -4.75. The molecule has 2 N–H and O–H groups in total. The molecule has 2 aromatic carbocycles. The summed E-state index contributed by atoms with van der Waals surface area (Å²) in [4.78, 5) is 21.6. The van der Waals surface area contributed by atoms with Crippen molar-refractivity contribution in [3.63, 3.8) is 0 Å². The molecular weight excluding hydrogens is 413 g/mol. The van der Waals surface area contributed by atoms with Gasteiger partial charge in [0.15, 0.2) is 16.7 Å². The topological polar surface area (TPSA) is 96.4 Å². The lowest BCUT2D eigenvalue weighted by molar-refractivity contribution is -0.140. The number of halogens is 3. The summed E-state index contributed by atoms with van der Waals surface area (Å²) < 4.78 is 47.6. The number of aromatic amines is 1. The second kappa shape index (κ2) is 6.46. The number of phenols is 1. The zero-order valence-corrected chi connectivity index (χ0v) is 15.9. The van der Waals surface area contributed by atoms with Crippen molar-refractivity contribution in [1.82, 2.24) is 19.6 Å². The van der Waals surface area contributed by atoms with Crippen molar-refractivity contribution in [2.45, 2.75) is 13.1 Å². The first-order valence-electron chi connectivity index (χ1n) is 9.12. The van der Waals surface area contributed by atoms with E-state index in [-0.39, 0.29) is 50.8 Å². The Kier molecular flexibility index (Phi) is 3.94. The third-order valence-corrected chi connectivity index (χ3v) is 4.92. The molecule has 0 saturated heterocycles. The van der Waals surface area contributed by atoms with Gasteiger partial charge in [0.25, 0.3) is 5.56 Å². The Hall–Kier alpha value is -4.08. The van der Waals surface area contributed by atoms with Gasteiger partial charge in [-0.15, -0.1) is 0 Å². The maximum absolute atomic E-state index is 13.8. The van der Waals surface area contributed by atoms with Gasteiger partial charge in [-0.2, -0.15) is 17.7 Å². The van der Waals surface area contributed by atoms with Crippen molar-refractivity contribution < 1.29 is 22.7 Å². The van der Waals surface area contributed by atoms with Gasteiger partial charge >= 0.3 is 6.18 Å². The van der Waals surface area contributed by atoms with Gasteiger partial charge in [-0.1, -0.05) is 36.4 Å². The number of aromatic hydroxyl groups is 1. The SMILES string of the molecule is Cc1nc2c(-c3ccccc3)c(C(F)(F)F)[nH]n2c(=O)c1-c1nc2c(O)cccc2o1. The highest BCUT2D eigenvalue weighted by Crippen LogP contribution is 2.38. The van der Waals surface area contributed by atoms with Crippen LogP contribution in [-0.2, 0) is 6.18 Å². The highest BCUT2D eigenvalue weighted by atomic mass is 19.4. The maximum Gasteiger partial charge on any atom is 0.433 e. The monoisotopic (exact) mass is 426 g/mol. The predicted molar refractivity (Wildman–Crippen MR) is 106 cm³/mol. The fraction of sp³-hybridized carbons (Fsp3) is 0.0952. The quantitative estimate of drug-likeness (QED) is 0.432.